The first kappa shape index (κ1) is 38.7. The predicted octanol–water partition coefficient (Wildman–Crippen LogP) is 6.19. The fraction of sp³-hybridized carbons (Fsp3) is 0.650. The molecule has 0 radical (unpaired) electrons. The Morgan fingerprint density at radius 2 is 1.85 bits per heavy atom. The number of aldehydes is 1. The molecule has 2 N–H and O–H groups in total. The largest absolute Gasteiger partial charge is 0.495 e. The van der Waals surface area contributed by atoms with E-state index >= 15 is 0 Å². The number of hydrogen-bond donors (Lipinski definition) is 2. The molecule has 3 heterocycles. The number of alkyl carbamates (subject to hydrolysis) is 1. The lowest BCUT2D eigenvalue weighted by Gasteiger charge is -2.35. The molecule has 4 fully saturated rings. The number of ether oxygens (including phenoxy) is 3. The number of thioether (sulfide) groups is 1. The smallest absolute Gasteiger partial charge is 0.408 e. The fourth-order valence-electron chi connectivity index (χ4n) is 8.37. The highest BCUT2D eigenvalue weighted by molar-refractivity contribution is 8.14. The minimum atomic E-state index is -0.995. The Morgan fingerprint density at radius 1 is 1.11 bits per heavy atom. The number of pyridine rings is 1. The monoisotopic (exact) mass is 781 g/mol. The van der Waals surface area contributed by atoms with E-state index in [1.54, 1.807) is 24.9 Å². The van der Waals surface area contributed by atoms with Crippen LogP contribution in [0.4, 0.5) is 4.79 Å². The van der Waals surface area contributed by atoms with Crippen molar-refractivity contribution in [1.29, 1.82) is 0 Å². The summed E-state index contributed by atoms with van der Waals surface area (Å²) < 4.78 is 18.0. The van der Waals surface area contributed by atoms with Crippen LogP contribution >= 0.6 is 23.4 Å². The number of carbonyl (C=O) groups is 4. The van der Waals surface area contributed by atoms with E-state index < -0.39 is 47.0 Å². The third-order valence-corrected chi connectivity index (χ3v) is 13.4. The van der Waals surface area contributed by atoms with Gasteiger partial charge in [0.15, 0.2) is 0 Å². The number of aliphatic imine (C=N–C) groups is 1. The van der Waals surface area contributed by atoms with Crippen molar-refractivity contribution in [2.75, 3.05) is 19.4 Å². The quantitative estimate of drug-likeness (QED) is 0.241. The molecule has 2 aliphatic heterocycles. The normalized spacial score (nSPS) is 30.4. The van der Waals surface area contributed by atoms with Crippen LogP contribution in [0.1, 0.15) is 85.8 Å². The number of benzene rings is 1. The molecule has 3 aliphatic carbocycles. The maximum atomic E-state index is 14.6. The van der Waals surface area contributed by atoms with Crippen LogP contribution in [-0.2, 0) is 19.1 Å². The number of carbonyl (C=O) groups excluding carboxylic acids is 4. The molecule has 9 atom stereocenters. The van der Waals surface area contributed by atoms with Gasteiger partial charge in [0.2, 0.25) is 11.8 Å². The molecule has 3 saturated carbocycles. The summed E-state index contributed by atoms with van der Waals surface area (Å²) in [5.74, 6) is 2.59. The molecule has 12 nitrogen and oxygen atoms in total. The van der Waals surface area contributed by atoms with Crippen LogP contribution < -0.4 is 20.1 Å². The number of amides is 3. The first-order valence-electron chi connectivity index (χ1n) is 19.3. The molecule has 2 aromatic rings. The zero-order chi connectivity index (χ0) is 38.7. The van der Waals surface area contributed by atoms with Crippen LogP contribution in [0, 0.1) is 29.1 Å². The first-order valence-corrected chi connectivity index (χ1v) is 20.6. The molecular weight excluding hydrogens is 730 g/mol. The van der Waals surface area contributed by atoms with Crippen molar-refractivity contribution in [3.8, 4) is 11.5 Å². The first-order chi connectivity index (χ1) is 25.6. The highest BCUT2D eigenvalue weighted by Gasteiger charge is 2.56. The number of aromatic nitrogens is 1. The van der Waals surface area contributed by atoms with Crippen molar-refractivity contribution in [1.82, 2.24) is 20.5 Å². The Kier molecular flexibility index (Phi) is 10.6. The maximum absolute atomic E-state index is 14.6. The molecule has 54 heavy (non-hydrogen) atoms. The Morgan fingerprint density at radius 3 is 2.46 bits per heavy atom. The number of methoxy groups -OCH3 is 1. The fourth-order valence-corrected chi connectivity index (χ4v) is 9.90. The molecular formula is C40H52ClN5O7S. The van der Waals surface area contributed by atoms with Gasteiger partial charge in [-0.05, 0) is 66.9 Å². The van der Waals surface area contributed by atoms with E-state index in [9.17, 15) is 19.2 Å². The Balaban J connectivity index is 1.19. The molecule has 5 unspecified atom stereocenters. The van der Waals surface area contributed by atoms with Gasteiger partial charge in [0.1, 0.15) is 52.1 Å². The van der Waals surface area contributed by atoms with Crippen molar-refractivity contribution in [2.24, 2.45) is 34.1 Å². The van der Waals surface area contributed by atoms with E-state index in [-0.39, 0.29) is 31.0 Å². The van der Waals surface area contributed by atoms with E-state index in [0.717, 1.165) is 36.3 Å². The summed E-state index contributed by atoms with van der Waals surface area (Å²) in [6.07, 6.45) is 3.74. The number of fused-ring (bicyclic) bond motifs is 2. The minimum Gasteiger partial charge on any atom is -0.495 e. The Hall–Kier alpha value is -3.58. The summed E-state index contributed by atoms with van der Waals surface area (Å²) in [4.78, 5) is 65.6. The van der Waals surface area contributed by atoms with Gasteiger partial charge in [0.25, 0.3) is 0 Å². The van der Waals surface area contributed by atoms with Crippen LogP contribution in [0.25, 0.3) is 10.9 Å². The number of likely N-dealkylation sites (tertiary alicyclic amines) is 1. The van der Waals surface area contributed by atoms with Gasteiger partial charge in [-0.2, -0.15) is 0 Å². The summed E-state index contributed by atoms with van der Waals surface area (Å²) in [6.45, 7) is 11.9. The topological polar surface area (TPSA) is 149 Å². The lowest BCUT2D eigenvalue weighted by molar-refractivity contribution is -0.142. The number of nitrogens with one attached hydrogen (secondary N) is 2. The third kappa shape index (κ3) is 7.63. The minimum absolute atomic E-state index is 0.0342. The second kappa shape index (κ2) is 14.8. The van der Waals surface area contributed by atoms with Crippen LogP contribution in [0.15, 0.2) is 23.2 Å². The molecule has 5 aliphatic rings. The standard InChI is InChI=1S/C40H52ClN5O7S/c1-8-23-16-40(23,19-47)45-35(48)29-14-25(17-46(29)37(49)34(39(4,5)6)44-38(50)53-24-12-21-11-22(21)13-24)52-31-15-27(36-43-28(18-54-36)20(2)3)42-33-26(31)9-10-30(51-7)32(33)41/h9-10,15,19-25,28-29,34H,8,11-14,16-18H2,1-7H3,(H,44,50)(H,45,48)/t21-,22+,23?,24?,25-,28?,29?,34?,40+/m1/s1. The number of hydrogen-bond acceptors (Lipinski definition) is 10. The molecule has 0 spiro atoms. The summed E-state index contributed by atoms with van der Waals surface area (Å²) in [6, 6.07) is 3.63. The van der Waals surface area contributed by atoms with E-state index in [1.807, 2.05) is 39.8 Å². The van der Waals surface area contributed by atoms with Crippen molar-refractivity contribution in [3.05, 3.63) is 28.9 Å². The van der Waals surface area contributed by atoms with Crippen molar-refractivity contribution in [3.63, 3.8) is 0 Å². The summed E-state index contributed by atoms with van der Waals surface area (Å²) in [7, 11) is 1.54. The molecule has 0 bridgehead atoms. The maximum Gasteiger partial charge on any atom is 0.408 e. The van der Waals surface area contributed by atoms with E-state index in [4.69, 9.17) is 35.8 Å². The average molecular weight is 782 g/mol. The van der Waals surface area contributed by atoms with Crippen molar-refractivity contribution >= 4 is 63.5 Å². The Bertz CT molecular complexity index is 1860. The molecule has 14 heteroatoms. The van der Waals surface area contributed by atoms with E-state index in [2.05, 4.69) is 24.5 Å². The van der Waals surface area contributed by atoms with Gasteiger partial charge >= 0.3 is 6.09 Å². The highest BCUT2D eigenvalue weighted by Crippen LogP contribution is 2.52. The van der Waals surface area contributed by atoms with Crippen molar-refractivity contribution in [2.45, 2.75) is 116 Å². The lowest BCUT2D eigenvalue weighted by Crippen LogP contribution is -2.59. The van der Waals surface area contributed by atoms with Gasteiger partial charge in [-0.3, -0.25) is 14.6 Å². The SMILES string of the molecule is CCC1C[C@@]1(C=O)NC(=O)C1C[C@@H](Oc2cc(C3=NC(C(C)C)CS3)nc3c(Cl)c(OC)ccc23)CN1C(=O)C(NC(=O)OC1C[C@@H]2C[C@@H]2C1)C(C)(C)C. The van der Waals surface area contributed by atoms with E-state index in [0.29, 0.717) is 57.3 Å². The van der Waals surface area contributed by atoms with Gasteiger partial charge in [-0.25, -0.2) is 9.78 Å². The summed E-state index contributed by atoms with van der Waals surface area (Å²) >= 11 is 8.47. The zero-order valence-electron chi connectivity index (χ0n) is 32.1. The average Bonchev–Trinajstić information content (AvgIpc) is 3.75. The highest BCUT2D eigenvalue weighted by atomic mass is 35.5. The van der Waals surface area contributed by atoms with Gasteiger partial charge in [0, 0.05) is 23.6 Å². The number of rotatable bonds is 12. The van der Waals surface area contributed by atoms with Crippen LogP contribution in [0.5, 0.6) is 11.5 Å². The van der Waals surface area contributed by atoms with Crippen LogP contribution in [0.3, 0.4) is 0 Å². The van der Waals surface area contributed by atoms with Crippen molar-refractivity contribution < 1.29 is 33.4 Å². The summed E-state index contributed by atoms with van der Waals surface area (Å²) in [5, 5.41) is 7.61. The van der Waals surface area contributed by atoms with Gasteiger partial charge < -0.3 is 34.5 Å². The molecule has 1 aromatic carbocycles. The Labute approximate surface area is 326 Å². The van der Waals surface area contributed by atoms with E-state index in [1.165, 1.54) is 11.3 Å². The number of halogens is 1. The molecule has 3 amide bonds. The van der Waals surface area contributed by atoms with Crippen LogP contribution in [0.2, 0.25) is 5.02 Å². The number of nitrogens with zero attached hydrogens (tertiary/aromatic N) is 3. The second-order valence-corrected chi connectivity index (χ2v) is 18.6. The third-order valence-electron chi connectivity index (χ3n) is 11.9. The second-order valence-electron chi connectivity index (χ2n) is 17.2. The molecule has 1 aromatic heterocycles. The molecule has 7 rings (SSSR count). The lowest BCUT2D eigenvalue weighted by atomic mass is 9.85. The van der Waals surface area contributed by atoms with Gasteiger partial charge in [0.05, 0.1) is 36.4 Å². The summed E-state index contributed by atoms with van der Waals surface area (Å²) in [5.41, 5.74) is -0.570. The zero-order valence-corrected chi connectivity index (χ0v) is 33.7. The van der Waals surface area contributed by atoms with Crippen LogP contribution in [-0.4, -0.2) is 94.4 Å². The predicted molar refractivity (Wildman–Crippen MR) is 208 cm³/mol. The molecule has 1 saturated heterocycles. The van der Waals surface area contributed by atoms with Gasteiger partial charge in [-0.15, -0.1) is 11.8 Å². The molecule has 292 valence electrons. The van der Waals surface area contributed by atoms with Gasteiger partial charge in [-0.1, -0.05) is 59.6 Å².